The summed E-state index contributed by atoms with van der Waals surface area (Å²) in [6, 6.07) is 0. The van der Waals surface area contributed by atoms with Gasteiger partial charge in [0.25, 0.3) is 0 Å². The molecule has 15 heavy (non-hydrogen) atoms. The Bertz CT molecular complexity index is 247. The molecule has 0 aromatic rings. The van der Waals surface area contributed by atoms with Crippen molar-refractivity contribution in [2.45, 2.75) is 26.9 Å². The Morgan fingerprint density at radius 3 is 2.27 bits per heavy atom. The van der Waals surface area contributed by atoms with Crippen LogP contribution in [0.4, 0.5) is 0 Å². The minimum absolute atomic E-state index is 0.213. The molecule has 0 fully saturated rings. The Morgan fingerprint density at radius 1 is 1.20 bits per heavy atom. The molecule has 0 heterocycles. The number of carbonyl (C=O) groups is 3. The molecule has 6 nitrogen and oxygen atoms in total. The van der Waals surface area contributed by atoms with Crippen LogP contribution in [0.15, 0.2) is 0 Å². The summed E-state index contributed by atoms with van der Waals surface area (Å²) in [5.74, 6) is -2.00. The summed E-state index contributed by atoms with van der Waals surface area (Å²) >= 11 is 0. The average Bonchev–Trinajstić information content (AvgIpc) is 2.15. The van der Waals surface area contributed by atoms with E-state index in [-0.39, 0.29) is 6.61 Å². The van der Waals surface area contributed by atoms with Gasteiger partial charge in [0.05, 0.1) is 6.61 Å². The fourth-order valence-corrected chi connectivity index (χ4v) is 0.699. The van der Waals surface area contributed by atoms with E-state index in [1.165, 1.54) is 13.8 Å². The molecule has 1 atom stereocenters. The molecular weight excluding hydrogens is 204 g/mol. The molecule has 0 rings (SSSR count). The standard InChI is InChI=1S/C9H14O6/c1-4-13-9(12)6(2)15-8(11)5-14-7(3)10/h6H,4-5H2,1-3H3. The zero-order valence-electron chi connectivity index (χ0n) is 8.94. The van der Waals surface area contributed by atoms with Crippen molar-refractivity contribution in [1.82, 2.24) is 0 Å². The first-order valence-electron chi connectivity index (χ1n) is 4.46. The molecule has 0 spiro atoms. The van der Waals surface area contributed by atoms with Crippen molar-refractivity contribution in [3.8, 4) is 0 Å². The van der Waals surface area contributed by atoms with Crippen molar-refractivity contribution >= 4 is 17.9 Å². The van der Waals surface area contributed by atoms with E-state index in [0.29, 0.717) is 0 Å². The van der Waals surface area contributed by atoms with Crippen molar-refractivity contribution in [3.05, 3.63) is 0 Å². The van der Waals surface area contributed by atoms with Gasteiger partial charge in [-0.25, -0.2) is 9.59 Å². The smallest absolute Gasteiger partial charge is 0.347 e. The molecule has 0 radical (unpaired) electrons. The first kappa shape index (κ1) is 13.4. The number of esters is 3. The fourth-order valence-electron chi connectivity index (χ4n) is 0.699. The number of rotatable bonds is 5. The summed E-state index contributed by atoms with van der Waals surface area (Å²) in [4.78, 5) is 32.3. The lowest BCUT2D eigenvalue weighted by molar-refractivity contribution is -0.170. The molecule has 0 saturated heterocycles. The fraction of sp³-hybridized carbons (Fsp3) is 0.667. The van der Waals surface area contributed by atoms with Crippen LogP contribution in [0, 0.1) is 0 Å². The molecule has 0 aliphatic rings. The Kier molecular flexibility index (Phi) is 6.08. The van der Waals surface area contributed by atoms with Gasteiger partial charge in [0, 0.05) is 6.92 Å². The minimum atomic E-state index is -0.993. The van der Waals surface area contributed by atoms with E-state index < -0.39 is 30.6 Å². The highest BCUT2D eigenvalue weighted by Gasteiger charge is 2.19. The molecule has 0 bridgehead atoms. The van der Waals surface area contributed by atoms with Gasteiger partial charge in [0.15, 0.2) is 12.7 Å². The first-order valence-corrected chi connectivity index (χ1v) is 4.46. The molecule has 0 amide bonds. The van der Waals surface area contributed by atoms with Crippen LogP contribution in [-0.4, -0.2) is 37.2 Å². The lowest BCUT2D eigenvalue weighted by atomic mass is 10.4. The number of hydrogen-bond donors (Lipinski definition) is 0. The summed E-state index contributed by atoms with van der Waals surface area (Å²) in [5.41, 5.74) is 0. The summed E-state index contributed by atoms with van der Waals surface area (Å²) < 4.78 is 13.6. The van der Waals surface area contributed by atoms with Crippen molar-refractivity contribution in [2.75, 3.05) is 13.2 Å². The van der Waals surface area contributed by atoms with Crippen LogP contribution in [0.5, 0.6) is 0 Å². The molecule has 0 aromatic carbocycles. The van der Waals surface area contributed by atoms with Crippen LogP contribution in [0.25, 0.3) is 0 Å². The topological polar surface area (TPSA) is 78.9 Å². The Morgan fingerprint density at radius 2 is 1.80 bits per heavy atom. The van der Waals surface area contributed by atoms with Crippen LogP contribution in [0.3, 0.4) is 0 Å². The van der Waals surface area contributed by atoms with Crippen LogP contribution in [0.1, 0.15) is 20.8 Å². The largest absolute Gasteiger partial charge is 0.463 e. The quantitative estimate of drug-likeness (QED) is 0.479. The highest BCUT2D eigenvalue weighted by molar-refractivity contribution is 5.80. The second-order valence-electron chi connectivity index (χ2n) is 2.66. The van der Waals surface area contributed by atoms with Gasteiger partial charge in [0.1, 0.15) is 0 Å². The normalized spacial score (nSPS) is 11.4. The molecule has 86 valence electrons. The zero-order valence-corrected chi connectivity index (χ0v) is 8.94. The van der Waals surface area contributed by atoms with Crippen LogP contribution in [-0.2, 0) is 28.6 Å². The number of hydrogen-bond acceptors (Lipinski definition) is 6. The third-order valence-corrected chi connectivity index (χ3v) is 1.32. The molecule has 1 unspecified atom stereocenters. The average molecular weight is 218 g/mol. The first-order chi connectivity index (χ1) is 6.97. The molecule has 0 aromatic heterocycles. The summed E-state index contributed by atoms with van der Waals surface area (Å²) in [5, 5.41) is 0. The SMILES string of the molecule is CCOC(=O)C(C)OC(=O)COC(C)=O. The second kappa shape index (κ2) is 6.80. The van der Waals surface area contributed by atoms with E-state index in [1.807, 2.05) is 0 Å². The molecule has 0 aliphatic heterocycles. The van der Waals surface area contributed by atoms with Crippen LogP contribution < -0.4 is 0 Å². The lowest BCUT2D eigenvalue weighted by Gasteiger charge is -2.11. The maximum atomic E-state index is 11.0. The van der Waals surface area contributed by atoms with Crippen LogP contribution in [0.2, 0.25) is 0 Å². The van der Waals surface area contributed by atoms with Gasteiger partial charge in [-0.15, -0.1) is 0 Å². The lowest BCUT2D eigenvalue weighted by Crippen LogP contribution is -2.28. The zero-order chi connectivity index (χ0) is 11.8. The van der Waals surface area contributed by atoms with Crippen molar-refractivity contribution < 1.29 is 28.6 Å². The van der Waals surface area contributed by atoms with Gasteiger partial charge in [-0.3, -0.25) is 4.79 Å². The van der Waals surface area contributed by atoms with E-state index in [0.717, 1.165) is 0 Å². The Hall–Kier alpha value is -1.59. The van der Waals surface area contributed by atoms with E-state index in [9.17, 15) is 14.4 Å². The number of carbonyl (C=O) groups excluding carboxylic acids is 3. The predicted octanol–water partition coefficient (Wildman–Crippen LogP) is 0.0443. The second-order valence-corrected chi connectivity index (χ2v) is 2.66. The van der Waals surface area contributed by atoms with Crippen LogP contribution >= 0.6 is 0 Å². The van der Waals surface area contributed by atoms with Crippen molar-refractivity contribution in [2.24, 2.45) is 0 Å². The highest BCUT2D eigenvalue weighted by Crippen LogP contribution is 1.96. The molecule has 0 aliphatic carbocycles. The van der Waals surface area contributed by atoms with Crippen molar-refractivity contribution in [1.29, 1.82) is 0 Å². The molecule has 0 saturated carbocycles. The number of ether oxygens (including phenoxy) is 3. The van der Waals surface area contributed by atoms with E-state index >= 15 is 0 Å². The van der Waals surface area contributed by atoms with Gasteiger partial charge >= 0.3 is 17.9 Å². The Labute approximate surface area is 87.5 Å². The molecule has 0 N–H and O–H groups in total. The maximum Gasteiger partial charge on any atom is 0.347 e. The highest BCUT2D eigenvalue weighted by atomic mass is 16.6. The minimum Gasteiger partial charge on any atom is -0.463 e. The summed E-state index contributed by atoms with van der Waals surface area (Å²) in [6.07, 6.45) is -0.993. The summed E-state index contributed by atoms with van der Waals surface area (Å²) in [7, 11) is 0. The van der Waals surface area contributed by atoms with Gasteiger partial charge in [-0.05, 0) is 13.8 Å². The molecule has 6 heteroatoms. The van der Waals surface area contributed by atoms with E-state index in [1.54, 1.807) is 6.92 Å². The van der Waals surface area contributed by atoms with Gasteiger partial charge in [0.2, 0.25) is 0 Å². The Balaban J connectivity index is 3.85. The third kappa shape index (κ3) is 6.48. The van der Waals surface area contributed by atoms with Gasteiger partial charge < -0.3 is 14.2 Å². The molecular formula is C9H14O6. The maximum absolute atomic E-state index is 11.0. The van der Waals surface area contributed by atoms with Gasteiger partial charge in [-0.1, -0.05) is 0 Å². The van der Waals surface area contributed by atoms with E-state index in [4.69, 9.17) is 0 Å². The van der Waals surface area contributed by atoms with Crippen molar-refractivity contribution in [3.63, 3.8) is 0 Å². The van der Waals surface area contributed by atoms with E-state index in [2.05, 4.69) is 14.2 Å². The summed E-state index contributed by atoms with van der Waals surface area (Å²) in [6.45, 7) is 3.90. The predicted molar refractivity (Wildman–Crippen MR) is 48.8 cm³/mol. The monoisotopic (exact) mass is 218 g/mol. The third-order valence-electron chi connectivity index (χ3n) is 1.32. The van der Waals surface area contributed by atoms with Gasteiger partial charge in [-0.2, -0.15) is 0 Å².